The number of nitrogens with zero attached hydrogens (tertiary/aromatic N) is 2. The Kier molecular flexibility index (Phi) is 5.98. The number of pyridine rings is 1. The van der Waals surface area contributed by atoms with Crippen LogP contribution in [0.2, 0.25) is 5.02 Å². The molecule has 1 atom stereocenters. The molecule has 3 rings (SSSR count). The highest BCUT2D eigenvalue weighted by molar-refractivity contribution is 6.30. The number of carbonyl (C=O) groups is 1. The summed E-state index contributed by atoms with van der Waals surface area (Å²) in [6, 6.07) is 6.93. The van der Waals surface area contributed by atoms with E-state index in [1.54, 1.807) is 12.4 Å². The minimum Gasteiger partial charge on any atom is -0.324 e. The fraction of sp³-hybridized carbons (Fsp3) is 0.333. The van der Waals surface area contributed by atoms with Gasteiger partial charge in [0.25, 0.3) is 0 Å². The maximum Gasteiger partial charge on any atom is 0.418 e. The second-order valence-electron chi connectivity index (χ2n) is 6.21. The van der Waals surface area contributed by atoms with Gasteiger partial charge in [0.2, 0.25) is 5.91 Å². The van der Waals surface area contributed by atoms with Crippen LogP contribution in [-0.2, 0) is 11.0 Å². The van der Waals surface area contributed by atoms with Crippen molar-refractivity contribution >= 4 is 23.2 Å². The smallest absolute Gasteiger partial charge is 0.324 e. The number of hydrogen-bond acceptors (Lipinski definition) is 4. The molecule has 1 fully saturated rings. The van der Waals surface area contributed by atoms with Gasteiger partial charge in [0.05, 0.1) is 17.8 Å². The molecule has 27 heavy (non-hydrogen) atoms. The molecule has 5 nitrogen and oxygen atoms in total. The van der Waals surface area contributed by atoms with Gasteiger partial charge in [0.15, 0.2) is 0 Å². The number of carbonyl (C=O) groups excluding carboxylic acids is 1. The normalized spacial score (nSPS) is 18.3. The van der Waals surface area contributed by atoms with Crippen molar-refractivity contribution in [2.45, 2.75) is 12.2 Å². The number of anilines is 1. The summed E-state index contributed by atoms with van der Waals surface area (Å²) >= 11 is 5.67. The van der Waals surface area contributed by atoms with E-state index < -0.39 is 17.6 Å². The van der Waals surface area contributed by atoms with Gasteiger partial charge >= 0.3 is 6.18 Å². The first-order valence-electron chi connectivity index (χ1n) is 8.36. The highest BCUT2D eigenvalue weighted by Crippen LogP contribution is 2.36. The zero-order chi connectivity index (χ0) is 19.4. The molecule has 0 radical (unpaired) electrons. The molecule has 0 spiro atoms. The van der Waals surface area contributed by atoms with Crippen LogP contribution in [0.4, 0.5) is 18.9 Å². The van der Waals surface area contributed by atoms with Crippen LogP contribution in [0.3, 0.4) is 0 Å². The van der Waals surface area contributed by atoms with Gasteiger partial charge in [-0.05, 0) is 29.8 Å². The van der Waals surface area contributed by atoms with Gasteiger partial charge in [-0.1, -0.05) is 17.7 Å². The largest absolute Gasteiger partial charge is 0.418 e. The summed E-state index contributed by atoms with van der Waals surface area (Å²) in [4.78, 5) is 18.5. The van der Waals surface area contributed by atoms with Crippen molar-refractivity contribution in [3.8, 4) is 0 Å². The summed E-state index contributed by atoms with van der Waals surface area (Å²) in [5.74, 6) is -0.515. The first kappa shape index (κ1) is 19.6. The Morgan fingerprint density at radius 1 is 1.37 bits per heavy atom. The minimum atomic E-state index is -4.61. The first-order valence-corrected chi connectivity index (χ1v) is 8.73. The first-order chi connectivity index (χ1) is 12.8. The van der Waals surface area contributed by atoms with Crippen molar-refractivity contribution in [1.29, 1.82) is 0 Å². The van der Waals surface area contributed by atoms with Crippen LogP contribution in [0.5, 0.6) is 0 Å². The zero-order valence-corrected chi connectivity index (χ0v) is 15.0. The number of nitrogens with one attached hydrogen (secondary N) is 2. The quantitative estimate of drug-likeness (QED) is 0.829. The monoisotopic (exact) mass is 398 g/mol. The van der Waals surface area contributed by atoms with E-state index in [1.807, 2.05) is 17.0 Å². The van der Waals surface area contributed by atoms with Crippen molar-refractivity contribution in [2.75, 3.05) is 31.5 Å². The van der Waals surface area contributed by atoms with Gasteiger partial charge in [-0.15, -0.1) is 0 Å². The van der Waals surface area contributed by atoms with E-state index in [1.165, 1.54) is 12.1 Å². The maximum atomic E-state index is 13.2. The lowest BCUT2D eigenvalue weighted by Gasteiger charge is -2.35. The van der Waals surface area contributed by atoms with E-state index in [0.717, 1.165) is 11.6 Å². The standard InChI is InChI=1S/C18H18ClF3N4O/c19-13-3-4-15(14(8-13)18(20,21)22)25-17(27)11-26-7-6-24-10-16(26)12-2-1-5-23-9-12/h1-5,8-9,16,24H,6-7,10-11H2,(H,25,27). The van der Waals surface area contributed by atoms with Gasteiger partial charge in [0, 0.05) is 43.1 Å². The van der Waals surface area contributed by atoms with Crippen LogP contribution in [0.15, 0.2) is 42.7 Å². The number of benzene rings is 1. The second kappa shape index (κ2) is 8.24. The molecular formula is C18H18ClF3N4O. The molecule has 1 aliphatic heterocycles. The molecule has 1 unspecified atom stereocenters. The number of hydrogen-bond donors (Lipinski definition) is 2. The molecule has 2 aromatic rings. The van der Waals surface area contributed by atoms with Crippen LogP contribution in [0.25, 0.3) is 0 Å². The summed E-state index contributed by atoms with van der Waals surface area (Å²) < 4.78 is 39.6. The fourth-order valence-corrected chi connectivity index (χ4v) is 3.24. The van der Waals surface area contributed by atoms with Crippen LogP contribution < -0.4 is 10.6 Å². The van der Waals surface area contributed by atoms with Crippen molar-refractivity contribution in [2.24, 2.45) is 0 Å². The number of aromatic nitrogens is 1. The lowest BCUT2D eigenvalue weighted by atomic mass is 10.1. The topological polar surface area (TPSA) is 57.3 Å². The number of piperazine rings is 1. The highest BCUT2D eigenvalue weighted by atomic mass is 35.5. The van der Waals surface area contributed by atoms with E-state index in [4.69, 9.17) is 11.6 Å². The van der Waals surface area contributed by atoms with E-state index in [-0.39, 0.29) is 23.3 Å². The third-order valence-electron chi connectivity index (χ3n) is 4.33. The number of halogens is 4. The molecular weight excluding hydrogens is 381 g/mol. The predicted molar refractivity (Wildman–Crippen MR) is 96.5 cm³/mol. The Hall–Kier alpha value is -2.16. The number of alkyl halides is 3. The lowest BCUT2D eigenvalue weighted by molar-refractivity contribution is -0.137. The second-order valence-corrected chi connectivity index (χ2v) is 6.65. The lowest BCUT2D eigenvalue weighted by Crippen LogP contribution is -2.48. The summed E-state index contributed by atoms with van der Waals surface area (Å²) in [6.45, 7) is 1.90. The molecule has 0 saturated carbocycles. The molecule has 9 heteroatoms. The molecule has 2 N–H and O–H groups in total. The zero-order valence-electron chi connectivity index (χ0n) is 14.3. The molecule has 0 aliphatic carbocycles. The Labute approximate surface area is 159 Å². The molecule has 144 valence electrons. The van der Waals surface area contributed by atoms with Gasteiger partial charge in [0.1, 0.15) is 0 Å². The number of amides is 1. The summed E-state index contributed by atoms with van der Waals surface area (Å²) in [5, 5.41) is 5.58. The van der Waals surface area contributed by atoms with Crippen LogP contribution in [0, 0.1) is 0 Å². The van der Waals surface area contributed by atoms with E-state index in [0.29, 0.717) is 19.6 Å². The molecule has 2 heterocycles. The molecule has 1 saturated heterocycles. The van der Waals surface area contributed by atoms with Crippen LogP contribution in [-0.4, -0.2) is 42.0 Å². The third-order valence-corrected chi connectivity index (χ3v) is 4.57. The Morgan fingerprint density at radius 2 is 2.19 bits per heavy atom. The molecule has 1 amide bonds. The third kappa shape index (κ3) is 4.97. The SMILES string of the molecule is O=C(CN1CCNCC1c1cccnc1)Nc1ccc(Cl)cc1C(F)(F)F. The average molecular weight is 399 g/mol. The van der Waals surface area contributed by atoms with Gasteiger partial charge < -0.3 is 10.6 Å². The van der Waals surface area contributed by atoms with Crippen molar-refractivity contribution in [3.05, 3.63) is 58.9 Å². The highest BCUT2D eigenvalue weighted by Gasteiger charge is 2.34. The molecule has 1 aromatic carbocycles. The summed E-state index contributed by atoms with van der Waals surface area (Å²) in [5.41, 5.74) is -0.322. The number of rotatable bonds is 4. The Balaban J connectivity index is 1.74. The summed E-state index contributed by atoms with van der Waals surface area (Å²) in [6.07, 6.45) is -1.22. The van der Waals surface area contributed by atoms with Gasteiger partial charge in [-0.25, -0.2) is 0 Å². The Morgan fingerprint density at radius 3 is 2.89 bits per heavy atom. The minimum absolute atomic E-state index is 0.0266. The van der Waals surface area contributed by atoms with E-state index in [2.05, 4.69) is 15.6 Å². The Bertz CT molecular complexity index is 801. The molecule has 0 bridgehead atoms. The predicted octanol–water partition coefficient (Wildman–Crippen LogP) is 3.34. The van der Waals surface area contributed by atoms with Crippen LogP contribution >= 0.6 is 11.6 Å². The summed E-state index contributed by atoms with van der Waals surface area (Å²) in [7, 11) is 0. The van der Waals surface area contributed by atoms with E-state index >= 15 is 0 Å². The average Bonchev–Trinajstić information content (AvgIpc) is 2.63. The van der Waals surface area contributed by atoms with Crippen molar-refractivity contribution in [3.63, 3.8) is 0 Å². The maximum absolute atomic E-state index is 13.2. The molecule has 1 aliphatic rings. The van der Waals surface area contributed by atoms with Gasteiger partial charge in [-0.2, -0.15) is 13.2 Å². The van der Waals surface area contributed by atoms with E-state index in [9.17, 15) is 18.0 Å². The van der Waals surface area contributed by atoms with Gasteiger partial charge in [-0.3, -0.25) is 14.7 Å². The van der Waals surface area contributed by atoms with Crippen molar-refractivity contribution < 1.29 is 18.0 Å². The van der Waals surface area contributed by atoms with Crippen LogP contribution in [0.1, 0.15) is 17.2 Å². The van der Waals surface area contributed by atoms with Crippen molar-refractivity contribution in [1.82, 2.24) is 15.2 Å². The molecule has 1 aromatic heterocycles. The fourth-order valence-electron chi connectivity index (χ4n) is 3.07.